The third kappa shape index (κ3) is 3.70. The zero-order valence-electron chi connectivity index (χ0n) is 12.5. The van der Waals surface area contributed by atoms with Crippen molar-refractivity contribution in [1.29, 1.82) is 0 Å². The average Bonchev–Trinajstić information content (AvgIpc) is 2.91. The monoisotopic (exact) mass is 330 g/mol. The van der Waals surface area contributed by atoms with Crippen molar-refractivity contribution in [2.75, 3.05) is 38.2 Å². The zero-order chi connectivity index (χ0) is 16.4. The topological polar surface area (TPSA) is 67.6 Å². The van der Waals surface area contributed by atoms with Crippen LogP contribution in [0, 0.1) is 0 Å². The largest absolute Gasteiger partial charge is 0.453 e. The summed E-state index contributed by atoms with van der Waals surface area (Å²) in [6.07, 6.45) is -4.59. The summed E-state index contributed by atoms with van der Waals surface area (Å²) in [7, 11) is 0. The van der Waals surface area contributed by atoms with Gasteiger partial charge in [0, 0.05) is 25.7 Å². The van der Waals surface area contributed by atoms with Crippen LogP contribution in [0.2, 0.25) is 0 Å². The van der Waals surface area contributed by atoms with Crippen molar-refractivity contribution in [3.05, 3.63) is 18.0 Å². The number of anilines is 1. The standard InChI is InChI=1S/C13H17F3N6O/c1-9(8-21-4-6-23-7-5-21)17-10-2-3-11-18-19-12(13(14,15)16)22(11)20-10/h2-3,9H,4-8H2,1H3,(H,17,20)/t9-/m0/s1. The maximum Gasteiger partial charge on any atom is 0.453 e. The van der Waals surface area contributed by atoms with E-state index in [-0.39, 0.29) is 11.7 Å². The second-order valence-corrected chi connectivity index (χ2v) is 5.47. The molecule has 1 N–H and O–H groups in total. The highest BCUT2D eigenvalue weighted by molar-refractivity contribution is 5.44. The summed E-state index contributed by atoms with van der Waals surface area (Å²) in [5, 5.41) is 13.7. The Morgan fingerprint density at radius 3 is 2.70 bits per heavy atom. The van der Waals surface area contributed by atoms with Gasteiger partial charge in [-0.25, -0.2) is 0 Å². The van der Waals surface area contributed by atoms with Crippen LogP contribution in [0.25, 0.3) is 5.65 Å². The molecule has 23 heavy (non-hydrogen) atoms. The van der Waals surface area contributed by atoms with Crippen molar-refractivity contribution in [2.24, 2.45) is 0 Å². The van der Waals surface area contributed by atoms with Crippen molar-refractivity contribution in [2.45, 2.75) is 19.1 Å². The van der Waals surface area contributed by atoms with Gasteiger partial charge in [0.15, 0.2) is 5.65 Å². The Morgan fingerprint density at radius 2 is 2.00 bits per heavy atom. The number of ether oxygens (including phenoxy) is 1. The van der Waals surface area contributed by atoms with E-state index < -0.39 is 12.0 Å². The fraction of sp³-hybridized carbons (Fsp3) is 0.615. The van der Waals surface area contributed by atoms with Gasteiger partial charge >= 0.3 is 6.18 Å². The highest BCUT2D eigenvalue weighted by Crippen LogP contribution is 2.27. The highest BCUT2D eigenvalue weighted by atomic mass is 19.4. The van der Waals surface area contributed by atoms with Crippen LogP contribution < -0.4 is 5.32 Å². The Bertz CT molecular complexity index is 667. The third-order valence-corrected chi connectivity index (χ3v) is 3.55. The number of hydrogen-bond acceptors (Lipinski definition) is 6. The lowest BCUT2D eigenvalue weighted by molar-refractivity contribution is -0.146. The first-order valence-electron chi connectivity index (χ1n) is 7.30. The first kappa shape index (κ1) is 15.9. The molecule has 0 aromatic carbocycles. The third-order valence-electron chi connectivity index (χ3n) is 3.55. The number of halogens is 3. The molecule has 1 atom stereocenters. The minimum Gasteiger partial charge on any atom is -0.379 e. The van der Waals surface area contributed by atoms with E-state index in [0.29, 0.717) is 23.5 Å². The molecule has 3 rings (SSSR count). The van der Waals surface area contributed by atoms with E-state index in [4.69, 9.17) is 4.74 Å². The Kier molecular flexibility index (Phi) is 4.35. The molecule has 0 radical (unpaired) electrons. The van der Waals surface area contributed by atoms with Crippen LogP contribution in [0.1, 0.15) is 12.7 Å². The molecule has 1 aliphatic rings. The lowest BCUT2D eigenvalue weighted by Crippen LogP contribution is -2.42. The lowest BCUT2D eigenvalue weighted by atomic mass is 10.3. The number of nitrogens with one attached hydrogen (secondary N) is 1. The Morgan fingerprint density at radius 1 is 1.26 bits per heavy atom. The molecular weight excluding hydrogens is 313 g/mol. The number of nitrogens with zero attached hydrogens (tertiary/aromatic N) is 5. The van der Waals surface area contributed by atoms with Crippen LogP contribution in [0.3, 0.4) is 0 Å². The Labute approximate surface area is 130 Å². The quantitative estimate of drug-likeness (QED) is 0.911. The molecule has 0 spiro atoms. The predicted molar refractivity (Wildman–Crippen MR) is 76.1 cm³/mol. The van der Waals surface area contributed by atoms with E-state index in [1.165, 1.54) is 6.07 Å². The van der Waals surface area contributed by atoms with Gasteiger partial charge in [0.05, 0.1) is 13.2 Å². The molecule has 2 aromatic rings. The minimum absolute atomic E-state index is 0.0314. The van der Waals surface area contributed by atoms with Gasteiger partial charge in [-0.3, -0.25) is 4.90 Å². The number of fused-ring (bicyclic) bond motifs is 1. The summed E-state index contributed by atoms with van der Waals surface area (Å²) in [5.74, 6) is -0.777. The molecule has 1 aliphatic heterocycles. The minimum atomic E-state index is -4.59. The van der Waals surface area contributed by atoms with Crippen molar-refractivity contribution < 1.29 is 17.9 Å². The van der Waals surface area contributed by atoms with Crippen LogP contribution in [-0.2, 0) is 10.9 Å². The van der Waals surface area contributed by atoms with E-state index in [1.54, 1.807) is 6.07 Å². The second-order valence-electron chi connectivity index (χ2n) is 5.47. The van der Waals surface area contributed by atoms with Crippen LogP contribution in [0.15, 0.2) is 12.1 Å². The van der Waals surface area contributed by atoms with Gasteiger partial charge < -0.3 is 10.1 Å². The van der Waals surface area contributed by atoms with Crippen LogP contribution in [0.5, 0.6) is 0 Å². The van der Waals surface area contributed by atoms with Gasteiger partial charge in [0.1, 0.15) is 5.82 Å². The summed E-state index contributed by atoms with van der Waals surface area (Å²) in [5.41, 5.74) is 0.0590. The van der Waals surface area contributed by atoms with Crippen LogP contribution >= 0.6 is 0 Å². The molecule has 7 nitrogen and oxygen atoms in total. The van der Waals surface area contributed by atoms with Gasteiger partial charge in [-0.2, -0.15) is 17.7 Å². The summed E-state index contributed by atoms with van der Waals surface area (Å²) in [6.45, 7) is 5.82. The van der Waals surface area contributed by atoms with Crippen molar-refractivity contribution in [3.63, 3.8) is 0 Å². The van der Waals surface area contributed by atoms with Crippen molar-refractivity contribution >= 4 is 11.5 Å². The van der Waals surface area contributed by atoms with E-state index in [9.17, 15) is 13.2 Å². The van der Waals surface area contributed by atoms with Crippen molar-refractivity contribution in [3.8, 4) is 0 Å². The second kappa shape index (κ2) is 6.28. The highest BCUT2D eigenvalue weighted by Gasteiger charge is 2.37. The molecule has 126 valence electrons. The summed E-state index contributed by atoms with van der Waals surface area (Å²) >= 11 is 0. The predicted octanol–water partition coefficient (Wildman–Crippen LogP) is 1.28. The molecule has 0 amide bonds. The van der Waals surface area contributed by atoms with E-state index in [0.717, 1.165) is 19.6 Å². The molecular formula is C13H17F3N6O. The lowest BCUT2D eigenvalue weighted by Gasteiger charge is -2.29. The van der Waals surface area contributed by atoms with Crippen molar-refractivity contribution in [1.82, 2.24) is 24.7 Å². The Balaban J connectivity index is 1.72. The fourth-order valence-corrected chi connectivity index (χ4v) is 2.51. The zero-order valence-corrected chi connectivity index (χ0v) is 12.5. The fourth-order valence-electron chi connectivity index (χ4n) is 2.51. The van der Waals surface area contributed by atoms with Gasteiger partial charge in [-0.05, 0) is 19.1 Å². The molecule has 0 bridgehead atoms. The molecule has 10 heteroatoms. The molecule has 1 saturated heterocycles. The number of aromatic nitrogens is 4. The smallest absolute Gasteiger partial charge is 0.379 e. The van der Waals surface area contributed by atoms with E-state index in [2.05, 4.69) is 25.5 Å². The molecule has 0 unspecified atom stereocenters. The molecule has 2 aromatic heterocycles. The van der Waals surface area contributed by atoms with E-state index >= 15 is 0 Å². The van der Waals surface area contributed by atoms with Crippen LogP contribution in [-0.4, -0.2) is 63.6 Å². The normalized spacial score (nSPS) is 18.3. The summed E-state index contributed by atoms with van der Waals surface area (Å²) < 4.78 is 44.6. The number of alkyl halides is 3. The van der Waals surface area contributed by atoms with Gasteiger partial charge in [-0.1, -0.05) is 0 Å². The summed E-state index contributed by atoms with van der Waals surface area (Å²) in [6, 6.07) is 3.09. The molecule has 3 heterocycles. The van der Waals surface area contributed by atoms with Gasteiger partial charge in [0.2, 0.25) is 0 Å². The number of morpholine rings is 1. The molecule has 0 saturated carbocycles. The van der Waals surface area contributed by atoms with Gasteiger partial charge in [0.25, 0.3) is 5.82 Å². The first-order valence-corrected chi connectivity index (χ1v) is 7.30. The number of rotatable bonds is 4. The summed E-state index contributed by atoms with van der Waals surface area (Å²) in [4.78, 5) is 2.24. The molecule has 1 fully saturated rings. The van der Waals surface area contributed by atoms with Gasteiger partial charge in [-0.15, -0.1) is 15.3 Å². The van der Waals surface area contributed by atoms with E-state index in [1.807, 2.05) is 6.92 Å². The Hall–Kier alpha value is -1.94. The first-order chi connectivity index (χ1) is 10.9. The maximum atomic E-state index is 12.9. The van der Waals surface area contributed by atoms with Crippen LogP contribution in [0.4, 0.5) is 19.0 Å². The number of hydrogen-bond donors (Lipinski definition) is 1. The maximum absolute atomic E-state index is 12.9. The molecule has 0 aliphatic carbocycles. The SMILES string of the molecule is C[C@@H](CN1CCOCC1)Nc1ccc2nnc(C(F)(F)F)n2n1. The average molecular weight is 330 g/mol.